The summed E-state index contributed by atoms with van der Waals surface area (Å²) in [6.07, 6.45) is 2.41. The van der Waals surface area contributed by atoms with E-state index in [0.717, 1.165) is 0 Å². The van der Waals surface area contributed by atoms with E-state index < -0.39 is 5.91 Å². The first-order chi connectivity index (χ1) is 5.95. The van der Waals surface area contributed by atoms with Crippen LogP contribution in [-0.2, 0) is 9.59 Å². The lowest BCUT2D eigenvalue weighted by atomic mass is 10.0. The van der Waals surface area contributed by atoms with E-state index >= 15 is 0 Å². The van der Waals surface area contributed by atoms with Crippen molar-refractivity contribution in [3.05, 3.63) is 11.6 Å². The van der Waals surface area contributed by atoms with Crippen molar-refractivity contribution in [2.75, 3.05) is 0 Å². The fraction of sp³-hybridized carbons (Fsp3) is 0.556. The van der Waals surface area contributed by atoms with Crippen LogP contribution in [0.1, 0.15) is 26.7 Å². The van der Waals surface area contributed by atoms with E-state index in [9.17, 15) is 9.59 Å². The number of primary amides is 2. The zero-order chi connectivity index (χ0) is 10.4. The summed E-state index contributed by atoms with van der Waals surface area (Å²) in [6.45, 7) is 3.75. The Morgan fingerprint density at radius 2 is 1.85 bits per heavy atom. The van der Waals surface area contributed by atoms with Crippen LogP contribution >= 0.6 is 0 Å². The van der Waals surface area contributed by atoms with Crippen molar-refractivity contribution in [3.8, 4) is 0 Å². The second kappa shape index (κ2) is 5.35. The Labute approximate surface area is 78.0 Å². The average Bonchev–Trinajstić information content (AvgIpc) is 1.95. The number of carbonyl (C=O) groups is 2. The Morgan fingerprint density at radius 1 is 1.31 bits per heavy atom. The van der Waals surface area contributed by atoms with Crippen LogP contribution in [-0.4, -0.2) is 11.8 Å². The number of amides is 2. The van der Waals surface area contributed by atoms with Crippen LogP contribution in [0.4, 0.5) is 0 Å². The molecular formula is C9H16N2O2. The van der Waals surface area contributed by atoms with Crippen molar-refractivity contribution in [1.82, 2.24) is 0 Å². The van der Waals surface area contributed by atoms with Gasteiger partial charge in [-0.05, 0) is 12.3 Å². The highest BCUT2D eigenvalue weighted by molar-refractivity contribution is 5.92. The van der Waals surface area contributed by atoms with E-state index in [0.29, 0.717) is 12.0 Å². The minimum Gasteiger partial charge on any atom is -0.370 e. The monoisotopic (exact) mass is 184 g/mol. The molecule has 0 bridgehead atoms. The summed E-state index contributed by atoms with van der Waals surface area (Å²) in [4.78, 5) is 21.3. The Kier molecular flexibility index (Phi) is 4.80. The van der Waals surface area contributed by atoms with Gasteiger partial charge in [0.15, 0.2) is 0 Å². The molecule has 0 fully saturated rings. The number of hydrogen-bond donors (Lipinski definition) is 2. The Balaban J connectivity index is 4.21. The standard InChI is InChI=1S/C9H16N2O2/c1-6(2)7(9(11)13)4-3-5-8(10)12/h4,6H,3,5H2,1-2H3,(H2,10,12)(H2,11,13). The van der Waals surface area contributed by atoms with Gasteiger partial charge in [-0.3, -0.25) is 9.59 Å². The van der Waals surface area contributed by atoms with Crippen LogP contribution in [0.3, 0.4) is 0 Å². The largest absolute Gasteiger partial charge is 0.370 e. The minimum absolute atomic E-state index is 0.0883. The van der Waals surface area contributed by atoms with Crippen molar-refractivity contribution >= 4 is 11.8 Å². The van der Waals surface area contributed by atoms with Gasteiger partial charge in [-0.2, -0.15) is 0 Å². The summed E-state index contributed by atoms with van der Waals surface area (Å²) in [7, 11) is 0. The molecule has 0 radical (unpaired) electrons. The molecule has 0 saturated heterocycles. The molecule has 0 rings (SSSR count). The van der Waals surface area contributed by atoms with Gasteiger partial charge in [0.2, 0.25) is 11.8 Å². The van der Waals surface area contributed by atoms with E-state index in [1.165, 1.54) is 0 Å². The number of rotatable bonds is 5. The van der Waals surface area contributed by atoms with Crippen molar-refractivity contribution in [1.29, 1.82) is 0 Å². The van der Waals surface area contributed by atoms with Gasteiger partial charge in [-0.25, -0.2) is 0 Å². The lowest BCUT2D eigenvalue weighted by molar-refractivity contribution is -0.118. The van der Waals surface area contributed by atoms with Crippen LogP contribution in [0.2, 0.25) is 0 Å². The first kappa shape index (κ1) is 11.7. The fourth-order valence-electron chi connectivity index (χ4n) is 0.991. The third kappa shape index (κ3) is 5.00. The topological polar surface area (TPSA) is 86.2 Å². The molecule has 2 amide bonds. The smallest absolute Gasteiger partial charge is 0.244 e. The van der Waals surface area contributed by atoms with Gasteiger partial charge >= 0.3 is 0 Å². The maximum atomic E-state index is 10.9. The molecule has 13 heavy (non-hydrogen) atoms. The van der Waals surface area contributed by atoms with E-state index in [1.54, 1.807) is 6.08 Å². The van der Waals surface area contributed by atoms with Gasteiger partial charge in [0.1, 0.15) is 0 Å². The molecule has 0 spiro atoms. The third-order valence-electron chi connectivity index (χ3n) is 1.66. The molecule has 0 saturated carbocycles. The Hall–Kier alpha value is -1.32. The summed E-state index contributed by atoms with van der Waals surface area (Å²) in [5.41, 5.74) is 10.6. The van der Waals surface area contributed by atoms with Gasteiger partial charge in [0.25, 0.3) is 0 Å². The average molecular weight is 184 g/mol. The van der Waals surface area contributed by atoms with E-state index in [1.807, 2.05) is 13.8 Å². The highest BCUT2D eigenvalue weighted by Crippen LogP contribution is 2.10. The van der Waals surface area contributed by atoms with Crippen molar-refractivity contribution in [3.63, 3.8) is 0 Å². The Bertz CT molecular complexity index is 232. The highest BCUT2D eigenvalue weighted by atomic mass is 16.1. The summed E-state index contributed by atoms with van der Waals surface area (Å²) in [5.74, 6) is -0.714. The van der Waals surface area contributed by atoms with Gasteiger partial charge in [-0.1, -0.05) is 19.9 Å². The predicted octanol–water partition coefficient (Wildman–Crippen LogP) is 0.320. The predicted molar refractivity (Wildman–Crippen MR) is 50.5 cm³/mol. The molecule has 0 aromatic heterocycles. The van der Waals surface area contributed by atoms with Crippen molar-refractivity contribution in [2.45, 2.75) is 26.7 Å². The first-order valence-electron chi connectivity index (χ1n) is 4.23. The van der Waals surface area contributed by atoms with Crippen LogP contribution in [0.15, 0.2) is 11.6 Å². The van der Waals surface area contributed by atoms with Crippen LogP contribution in [0, 0.1) is 5.92 Å². The molecule has 4 heteroatoms. The molecule has 0 aliphatic rings. The second-order valence-electron chi connectivity index (χ2n) is 3.18. The molecule has 0 aromatic carbocycles. The van der Waals surface area contributed by atoms with E-state index in [-0.39, 0.29) is 18.2 Å². The summed E-state index contributed by atoms with van der Waals surface area (Å²) in [6, 6.07) is 0. The summed E-state index contributed by atoms with van der Waals surface area (Å²) < 4.78 is 0. The first-order valence-corrected chi connectivity index (χ1v) is 4.23. The molecule has 4 N–H and O–H groups in total. The van der Waals surface area contributed by atoms with Gasteiger partial charge in [0, 0.05) is 12.0 Å². The SMILES string of the molecule is CC(C)C(=CCCC(N)=O)C(N)=O. The zero-order valence-electron chi connectivity index (χ0n) is 8.04. The van der Waals surface area contributed by atoms with E-state index in [4.69, 9.17) is 11.5 Å². The Morgan fingerprint density at radius 3 is 2.15 bits per heavy atom. The molecule has 4 nitrogen and oxygen atoms in total. The van der Waals surface area contributed by atoms with Gasteiger partial charge in [-0.15, -0.1) is 0 Å². The number of hydrogen-bond acceptors (Lipinski definition) is 2. The summed E-state index contributed by atoms with van der Waals surface area (Å²) in [5, 5.41) is 0. The number of allylic oxidation sites excluding steroid dienone is 1. The molecule has 74 valence electrons. The second-order valence-corrected chi connectivity index (χ2v) is 3.18. The molecule has 0 aliphatic carbocycles. The van der Waals surface area contributed by atoms with E-state index in [2.05, 4.69) is 0 Å². The van der Waals surface area contributed by atoms with Gasteiger partial charge < -0.3 is 11.5 Å². The minimum atomic E-state index is -0.431. The maximum absolute atomic E-state index is 10.9. The molecule has 0 heterocycles. The summed E-state index contributed by atoms with van der Waals surface area (Å²) >= 11 is 0. The molecule has 0 unspecified atom stereocenters. The number of nitrogens with two attached hydrogens (primary N) is 2. The maximum Gasteiger partial charge on any atom is 0.244 e. The lowest BCUT2D eigenvalue weighted by Gasteiger charge is -2.06. The molecular weight excluding hydrogens is 168 g/mol. The quantitative estimate of drug-likeness (QED) is 0.603. The van der Waals surface area contributed by atoms with Crippen molar-refractivity contribution < 1.29 is 9.59 Å². The zero-order valence-corrected chi connectivity index (χ0v) is 8.04. The van der Waals surface area contributed by atoms with Crippen molar-refractivity contribution in [2.24, 2.45) is 17.4 Å². The van der Waals surface area contributed by atoms with Crippen LogP contribution in [0.25, 0.3) is 0 Å². The molecule has 0 aliphatic heterocycles. The molecule has 0 atom stereocenters. The highest BCUT2D eigenvalue weighted by Gasteiger charge is 2.08. The molecule has 0 aromatic rings. The normalized spacial score (nSPS) is 11.8. The van der Waals surface area contributed by atoms with Crippen LogP contribution < -0.4 is 11.5 Å². The number of carbonyl (C=O) groups excluding carboxylic acids is 2. The fourth-order valence-corrected chi connectivity index (χ4v) is 0.991. The van der Waals surface area contributed by atoms with Crippen LogP contribution in [0.5, 0.6) is 0 Å². The van der Waals surface area contributed by atoms with Gasteiger partial charge in [0.05, 0.1) is 0 Å². The lowest BCUT2D eigenvalue weighted by Crippen LogP contribution is -2.18. The third-order valence-corrected chi connectivity index (χ3v) is 1.66.